The summed E-state index contributed by atoms with van der Waals surface area (Å²) in [6.07, 6.45) is 4.30. The van der Waals surface area contributed by atoms with Gasteiger partial charge in [-0.1, -0.05) is 6.07 Å². The van der Waals surface area contributed by atoms with Crippen molar-refractivity contribution in [1.82, 2.24) is 19.7 Å². The largest absolute Gasteiger partial charge is 0.320 e. The second-order valence-corrected chi connectivity index (χ2v) is 5.90. The molecule has 4 nitrogen and oxygen atoms in total. The highest BCUT2D eigenvalue weighted by molar-refractivity contribution is 7.10. The Bertz CT molecular complexity index is 483. The molecule has 3 heterocycles. The second kappa shape index (κ2) is 5.20. The third-order valence-corrected chi connectivity index (χ3v) is 4.74. The van der Waals surface area contributed by atoms with Crippen LogP contribution in [0.25, 0.3) is 0 Å². The summed E-state index contributed by atoms with van der Waals surface area (Å²) in [5.74, 6) is 1.82. The minimum absolute atomic E-state index is 0.765. The van der Waals surface area contributed by atoms with Crippen LogP contribution in [0.3, 0.4) is 0 Å². The van der Waals surface area contributed by atoms with Crippen molar-refractivity contribution in [2.75, 3.05) is 13.1 Å². The Labute approximate surface area is 111 Å². The predicted octanol–water partition coefficient (Wildman–Crippen LogP) is 2.26. The lowest BCUT2D eigenvalue weighted by Gasteiger charge is -2.31. The molecule has 3 rings (SSSR count). The van der Waals surface area contributed by atoms with Crippen LogP contribution in [0.1, 0.15) is 29.5 Å². The van der Waals surface area contributed by atoms with Gasteiger partial charge in [-0.2, -0.15) is 0 Å². The summed E-state index contributed by atoms with van der Waals surface area (Å²) in [5, 5.41) is 10.3. The molecule has 0 N–H and O–H groups in total. The Kier molecular flexibility index (Phi) is 3.43. The van der Waals surface area contributed by atoms with Crippen molar-refractivity contribution in [2.45, 2.75) is 25.3 Å². The van der Waals surface area contributed by atoms with Crippen LogP contribution in [0, 0.1) is 0 Å². The number of hydrogen-bond acceptors (Lipinski definition) is 4. The predicted molar refractivity (Wildman–Crippen MR) is 72.6 cm³/mol. The molecule has 0 spiro atoms. The smallest absolute Gasteiger partial charge is 0.146 e. The fraction of sp³-hybridized carbons (Fsp3) is 0.538. The lowest BCUT2D eigenvalue weighted by Crippen LogP contribution is -2.33. The zero-order chi connectivity index (χ0) is 12.4. The quantitative estimate of drug-likeness (QED) is 0.851. The Morgan fingerprint density at radius 3 is 2.83 bits per heavy atom. The molecule has 0 saturated carbocycles. The zero-order valence-electron chi connectivity index (χ0n) is 10.6. The fourth-order valence-electron chi connectivity index (χ4n) is 2.55. The highest BCUT2D eigenvalue weighted by Crippen LogP contribution is 2.31. The monoisotopic (exact) mass is 262 g/mol. The fourth-order valence-corrected chi connectivity index (χ4v) is 3.45. The van der Waals surface area contributed by atoms with Crippen molar-refractivity contribution in [3.05, 3.63) is 34.5 Å². The molecule has 5 heteroatoms. The standard InChI is InChI=1S/C13H18N4S/c1-16-10-14-15-13(16)9-17-6-4-11(5-7-17)12-3-2-8-18-12/h2-3,8,10-11H,4-7,9H2,1H3. The Morgan fingerprint density at radius 1 is 1.39 bits per heavy atom. The van der Waals surface area contributed by atoms with Gasteiger partial charge in [0, 0.05) is 11.9 Å². The van der Waals surface area contributed by atoms with Gasteiger partial charge in [-0.25, -0.2) is 0 Å². The summed E-state index contributed by atoms with van der Waals surface area (Å²) in [6.45, 7) is 3.25. The highest BCUT2D eigenvalue weighted by Gasteiger charge is 2.21. The molecule has 1 fully saturated rings. The Balaban J connectivity index is 1.56. The summed E-state index contributed by atoms with van der Waals surface area (Å²) in [6, 6.07) is 4.43. The van der Waals surface area contributed by atoms with E-state index in [1.54, 1.807) is 11.2 Å². The summed E-state index contributed by atoms with van der Waals surface area (Å²) in [5.41, 5.74) is 0. The van der Waals surface area contributed by atoms with Crippen LogP contribution in [0.5, 0.6) is 0 Å². The van der Waals surface area contributed by atoms with Crippen LogP contribution < -0.4 is 0 Å². The minimum Gasteiger partial charge on any atom is -0.320 e. The van der Waals surface area contributed by atoms with Gasteiger partial charge < -0.3 is 4.57 Å². The summed E-state index contributed by atoms with van der Waals surface area (Å²) in [7, 11) is 2.01. The van der Waals surface area contributed by atoms with Gasteiger partial charge >= 0.3 is 0 Å². The van der Waals surface area contributed by atoms with Crippen molar-refractivity contribution in [1.29, 1.82) is 0 Å². The number of hydrogen-bond donors (Lipinski definition) is 0. The van der Waals surface area contributed by atoms with E-state index in [0.717, 1.165) is 31.4 Å². The summed E-state index contributed by atoms with van der Waals surface area (Å²) in [4.78, 5) is 4.03. The van der Waals surface area contributed by atoms with Crippen molar-refractivity contribution < 1.29 is 0 Å². The first-order valence-corrected chi connectivity index (χ1v) is 7.29. The number of rotatable bonds is 3. The van der Waals surface area contributed by atoms with Crippen LogP contribution in [-0.4, -0.2) is 32.8 Å². The van der Waals surface area contributed by atoms with E-state index in [-0.39, 0.29) is 0 Å². The Hall–Kier alpha value is -1.20. The van der Waals surface area contributed by atoms with Crippen LogP contribution >= 0.6 is 11.3 Å². The van der Waals surface area contributed by atoms with E-state index >= 15 is 0 Å². The van der Waals surface area contributed by atoms with Gasteiger partial charge in [0.1, 0.15) is 12.2 Å². The topological polar surface area (TPSA) is 34.0 Å². The molecule has 1 aliphatic rings. The van der Waals surface area contributed by atoms with Crippen LogP contribution in [0.15, 0.2) is 23.8 Å². The lowest BCUT2D eigenvalue weighted by molar-refractivity contribution is 0.199. The SMILES string of the molecule is Cn1cnnc1CN1CCC(c2cccs2)CC1. The number of aryl methyl sites for hydroxylation is 1. The third kappa shape index (κ3) is 2.47. The molecule has 2 aromatic rings. The molecule has 0 unspecified atom stereocenters. The third-order valence-electron chi connectivity index (χ3n) is 3.70. The number of nitrogens with zero attached hydrogens (tertiary/aromatic N) is 4. The van der Waals surface area contributed by atoms with Gasteiger partial charge in [-0.3, -0.25) is 4.90 Å². The molecule has 0 bridgehead atoms. The summed E-state index contributed by atoms with van der Waals surface area (Å²) < 4.78 is 2.01. The average molecular weight is 262 g/mol. The van der Waals surface area contributed by atoms with E-state index in [9.17, 15) is 0 Å². The maximum Gasteiger partial charge on any atom is 0.146 e. The van der Waals surface area contributed by atoms with Crippen LogP contribution in [0.2, 0.25) is 0 Å². The van der Waals surface area contributed by atoms with Crippen LogP contribution in [0.4, 0.5) is 0 Å². The number of likely N-dealkylation sites (tertiary alicyclic amines) is 1. The van der Waals surface area contributed by atoms with E-state index in [1.165, 1.54) is 12.8 Å². The molecule has 2 aromatic heterocycles. The lowest BCUT2D eigenvalue weighted by atomic mass is 9.95. The maximum atomic E-state index is 4.15. The first-order chi connectivity index (χ1) is 8.83. The average Bonchev–Trinajstić information content (AvgIpc) is 3.03. The van der Waals surface area contributed by atoms with E-state index in [1.807, 2.05) is 23.0 Å². The normalized spacial score (nSPS) is 18.3. The first kappa shape index (κ1) is 11.9. The highest BCUT2D eigenvalue weighted by atomic mass is 32.1. The van der Waals surface area contributed by atoms with E-state index < -0.39 is 0 Å². The maximum absolute atomic E-state index is 4.15. The van der Waals surface area contributed by atoms with E-state index in [2.05, 4.69) is 32.6 Å². The molecule has 0 amide bonds. The molecule has 96 valence electrons. The minimum atomic E-state index is 0.765. The van der Waals surface area contributed by atoms with Crippen molar-refractivity contribution >= 4 is 11.3 Å². The Morgan fingerprint density at radius 2 is 2.22 bits per heavy atom. The molecular weight excluding hydrogens is 244 g/mol. The van der Waals surface area contributed by atoms with Gasteiger partial charge in [0.15, 0.2) is 0 Å². The number of piperidine rings is 1. The van der Waals surface area contributed by atoms with Gasteiger partial charge in [-0.05, 0) is 43.3 Å². The molecule has 1 saturated heterocycles. The van der Waals surface area contributed by atoms with Crippen molar-refractivity contribution in [2.24, 2.45) is 7.05 Å². The molecule has 1 aliphatic heterocycles. The van der Waals surface area contributed by atoms with Crippen molar-refractivity contribution in [3.8, 4) is 0 Å². The molecule has 0 aromatic carbocycles. The number of aromatic nitrogens is 3. The molecule has 18 heavy (non-hydrogen) atoms. The van der Waals surface area contributed by atoms with Gasteiger partial charge in [0.2, 0.25) is 0 Å². The van der Waals surface area contributed by atoms with Gasteiger partial charge in [0.25, 0.3) is 0 Å². The molecule has 0 aliphatic carbocycles. The molecule has 0 radical (unpaired) electrons. The van der Waals surface area contributed by atoms with Gasteiger partial charge in [-0.15, -0.1) is 21.5 Å². The molecule has 0 atom stereocenters. The first-order valence-electron chi connectivity index (χ1n) is 6.41. The van der Waals surface area contributed by atoms with Crippen molar-refractivity contribution in [3.63, 3.8) is 0 Å². The van der Waals surface area contributed by atoms with Gasteiger partial charge in [0.05, 0.1) is 6.54 Å². The van der Waals surface area contributed by atoms with E-state index in [0.29, 0.717) is 0 Å². The van der Waals surface area contributed by atoms with Crippen LogP contribution in [-0.2, 0) is 13.6 Å². The zero-order valence-corrected chi connectivity index (χ0v) is 11.4. The second-order valence-electron chi connectivity index (χ2n) is 4.92. The van der Waals surface area contributed by atoms with E-state index in [4.69, 9.17) is 0 Å². The summed E-state index contributed by atoms with van der Waals surface area (Å²) >= 11 is 1.89. The molecular formula is C13H18N4S. The number of thiophene rings is 1.